The highest BCUT2D eigenvalue weighted by atomic mass is 79.9. The number of nitrogens with one attached hydrogen (secondary N) is 1. The number of carbonyl (C=O) groups is 1. The molecule has 5 nitrogen and oxygen atoms in total. The normalized spacial score (nSPS) is 11.1. The fraction of sp³-hybridized carbons (Fsp3) is 0.0588. The fourth-order valence-electron chi connectivity index (χ4n) is 2.21. The minimum atomic E-state index is -0.362. The zero-order chi connectivity index (χ0) is 17.1. The zero-order valence-electron chi connectivity index (χ0n) is 12.5. The molecule has 0 radical (unpaired) electrons. The van der Waals surface area contributed by atoms with Gasteiger partial charge in [0.15, 0.2) is 4.67 Å². The van der Waals surface area contributed by atoms with Crippen LogP contribution in [0.5, 0.6) is 5.75 Å². The lowest BCUT2D eigenvalue weighted by Crippen LogP contribution is -2.18. The molecule has 0 aliphatic carbocycles. The third-order valence-corrected chi connectivity index (χ3v) is 5.04. The molecule has 3 rings (SSSR count). The van der Waals surface area contributed by atoms with Crippen LogP contribution in [0.15, 0.2) is 61.1 Å². The molecule has 1 heterocycles. The summed E-state index contributed by atoms with van der Waals surface area (Å²) in [5, 5.41) is 5.86. The minimum Gasteiger partial charge on any atom is -0.496 e. The fourth-order valence-corrected chi connectivity index (χ4v) is 2.82. The van der Waals surface area contributed by atoms with Gasteiger partial charge in [-0.3, -0.25) is 4.79 Å². The van der Waals surface area contributed by atoms with Gasteiger partial charge in [-0.15, -0.1) is 0 Å². The molecule has 122 valence electrons. The Labute approximate surface area is 154 Å². The molecule has 0 spiro atoms. The van der Waals surface area contributed by atoms with Gasteiger partial charge in [0.25, 0.3) is 5.91 Å². The Balaban J connectivity index is 1.82. The molecule has 0 bridgehead atoms. The Kier molecular flexibility index (Phi) is 5.01. The maximum absolute atomic E-state index is 12.4. The number of hydrazone groups is 1. The summed E-state index contributed by atoms with van der Waals surface area (Å²) >= 11 is 6.55. The van der Waals surface area contributed by atoms with E-state index in [4.69, 9.17) is 9.15 Å². The van der Waals surface area contributed by atoms with Crippen molar-refractivity contribution in [2.75, 3.05) is 7.11 Å². The summed E-state index contributed by atoms with van der Waals surface area (Å²) < 4.78 is 12.0. The number of methoxy groups -OCH3 is 1. The van der Waals surface area contributed by atoms with Crippen LogP contribution in [-0.4, -0.2) is 19.2 Å². The lowest BCUT2D eigenvalue weighted by Gasteiger charge is -2.09. The van der Waals surface area contributed by atoms with E-state index in [9.17, 15) is 4.79 Å². The number of rotatable bonds is 4. The van der Waals surface area contributed by atoms with Crippen LogP contribution in [-0.2, 0) is 0 Å². The number of ether oxygens (including phenoxy) is 1. The van der Waals surface area contributed by atoms with Gasteiger partial charge in [0.05, 0.1) is 23.4 Å². The van der Waals surface area contributed by atoms with E-state index in [1.165, 1.54) is 13.3 Å². The molecular weight excluding hydrogens is 440 g/mol. The van der Waals surface area contributed by atoms with E-state index in [-0.39, 0.29) is 5.91 Å². The van der Waals surface area contributed by atoms with E-state index >= 15 is 0 Å². The first-order valence-corrected chi connectivity index (χ1v) is 8.52. The SMILES string of the molecule is COc1cc2ccccc2cc1C(=O)N/N=C\c1cc(Br)c(Br)o1. The molecule has 24 heavy (non-hydrogen) atoms. The van der Waals surface area contributed by atoms with Gasteiger partial charge in [-0.25, -0.2) is 5.43 Å². The average Bonchev–Trinajstić information content (AvgIpc) is 2.91. The number of benzene rings is 2. The largest absolute Gasteiger partial charge is 0.496 e. The second kappa shape index (κ2) is 7.19. The molecule has 1 N–H and O–H groups in total. The van der Waals surface area contributed by atoms with Crippen molar-refractivity contribution in [1.29, 1.82) is 0 Å². The standard InChI is InChI=1S/C17H12Br2N2O3/c1-23-15-7-11-5-3-2-4-10(11)6-13(15)17(22)21-20-9-12-8-14(18)16(19)24-12/h2-9H,1H3,(H,21,22)/b20-9-. The Morgan fingerprint density at radius 3 is 2.54 bits per heavy atom. The summed E-state index contributed by atoms with van der Waals surface area (Å²) in [5.41, 5.74) is 2.89. The number of furan rings is 1. The van der Waals surface area contributed by atoms with E-state index < -0.39 is 0 Å². The van der Waals surface area contributed by atoms with E-state index in [1.54, 1.807) is 12.1 Å². The lowest BCUT2D eigenvalue weighted by molar-refractivity contribution is 0.0952. The van der Waals surface area contributed by atoms with Crippen LogP contribution in [0, 0.1) is 0 Å². The third kappa shape index (κ3) is 3.52. The van der Waals surface area contributed by atoms with Crippen LogP contribution in [0.3, 0.4) is 0 Å². The molecule has 1 aromatic heterocycles. The van der Waals surface area contributed by atoms with Crippen molar-refractivity contribution in [3.8, 4) is 5.75 Å². The molecule has 0 aliphatic rings. The quantitative estimate of drug-likeness (QED) is 0.460. The summed E-state index contributed by atoms with van der Waals surface area (Å²) in [6, 6.07) is 13.1. The van der Waals surface area contributed by atoms with E-state index in [0.29, 0.717) is 21.7 Å². The van der Waals surface area contributed by atoms with Crippen LogP contribution >= 0.6 is 31.9 Å². The van der Waals surface area contributed by atoms with Crippen LogP contribution in [0.1, 0.15) is 16.1 Å². The number of hydrogen-bond acceptors (Lipinski definition) is 4. The smallest absolute Gasteiger partial charge is 0.275 e. The Hall–Kier alpha value is -2.12. The van der Waals surface area contributed by atoms with E-state index in [2.05, 4.69) is 42.4 Å². The van der Waals surface area contributed by atoms with Gasteiger partial charge < -0.3 is 9.15 Å². The van der Waals surface area contributed by atoms with Gasteiger partial charge >= 0.3 is 0 Å². The van der Waals surface area contributed by atoms with Crippen molar-refractivity contribution >= 4 is 54.8 Å². The molecule has 1 amide bonds. The Morgan fingerprint density at radius 2 is 1.92 bits per heavy atom. The first-order valence-electron chi connectivity index (χ1n) is 6.93. The Bertz CT molecular complexity index is 915. The van der Waals surface area contributed by atoms with Crippen molar-refractivity contribution in [3.05, 3.63) is 62.9 Å². The number of amides is 1. The van der Waals surface area contributed by atoms with Gasteiger partial charge in [-0.1, -0.05) is 24.3 Å². The van der Waals surface area contributed by atoms with Crippen LogP contribution < -0.4 is 10.2 Å². The zero-order valence-corrected chi connectivity index (χ0v) is 15.7. The predicted molar refractivity (Wildman–Crippen MR) is 99.7 cm³/mol. The highest BCUT2D eigenvalue weighted by Gasteiger charge is 2.13. The molecule has 2 aromatic carbocycles. The number of halogens is 2. The molecule has 0 atom stereocenters. The van der Waals surface area contributed by atoms with Crippen LogP contribution in [0.2, 0.25) is 0 Å². The highest BCUT2D eigenvalue weighted by molar-refractivity contribution is 9.13. The molecule has 0 fully saturated rings. The molecule has 0 aliphatic heterocycles. The van der Waals surface area contributed by atoms with Crippen LogP contribution in [0.4, 0.5) is 0 Å². The molecular formula is C17H12Br2N2O3. The summed E-state index contributed by atoms with van der Waals surface area (Å²) in [4.78, 5) is 12.4. The molecule has 0 saturated carbocycles. The molecule has 3 aromatic rings. The van der Waals surface area contributed by atoms with E-state index in [1.807, 2.05) is 30.3 Å². The van der Waals surface area contributed by atoms with Crippen molar-refractivity contribution in [2.24, 2.45) is 5.10 Å². The number of fused-ring (bicyclic) bond motifs is 1. The van der Waals surface area contributed by atoms with Crippen molar-refractivity contribution in [1.82, 2.24) is 5.43 Å². The van der Waals surface area contributed by atoms with Gasteiger partial charge in [0, 0.05) is 6.07 Å². The van der Waals surface area contributed by atoms with Crippen molar-refractivity contribution in [2.45, 2.75) is 0 Å². The topological polar surface area (TPSA) is 63.8 Å². The maximum atomic E-state index is 12.4. The number of hydrogen-bond donors (Lipinski definition) is 1. The van der Waals surface area contributed by atoms with E-state index in [0.717, 1.165) is 15.2 Å². The average molecular weight is 452 g/mol. The first kappa shape index (κ1) is 16.7. The first-order chi connectivity index (χ1) is 11.6. The van der Waals surface area contributed by atoms with Crippen molar-refractivity contribution in [3.63, 3.8) is 0 Å². The molecule has 7 heteroatoms. The maximum Gasteiger partial charge on any atom is 0.275 e. The Morgan fingerprint density at radius 1 is 1.21 bits per heavy atom. The second-order valence-corrected chi connectivity index (χ2v) is 6.44. The summed E-state index contributed by atoms with van der Waals surface area (Å²) in [6.07, 6.45) is 1.42. The molecule has 0 unspecified atom stereocenters. The number of nitrogens with zero attached hydrogens (tertiary/aromatic N) is 1. The number of carbonyl (C=O) groups excluding carboxylic acids is 1. The van der Waals surface area contributed by atoms with Crippen molar-refractivity contribution < 1.29 is 13.9 Å². The predicted octanol–water partition coefficient (Wildman–Crippen LogP) is 4.73. The summed E-state index contributed by atoms with van der Waals surface area (Å²) in [5.74, 6) is 0.628. The van der Waals surface area contributed by atoms with Gasteiger partial charge in [-0.2, -0.15) is 5.10 Å². The second-order valence-electron chi connectivity index (χ2n) is 4.87. The molecule has 0 saturated heterocycles. The minimum absolute atomic E-state index is 0.362. The van der Waals surface area contributed by atoms with Gasteiger partial charge in [0.2, 0.25) is 0 Å². The van der Waals surface area contributed by atoms with Gasteiger partial charge in [0.1, 0.15) is 11.5 Å². The third-order valence-electron chi connectivity index (χ3n) is 3.33. The summed E-state index contributed by atoms with van der Waals surface area (Å²) in [6.45, 7) is 0. The lowest BCUT2D eigenvalue weighted by atomic mass is 10.1. The van der Waals surface area contributed by atoms with Gasteiger partial charge in [-0.05, 0) is 54.8 Å². The monoisotopic (exact) mass is 450 g/mol. The highest BCUT2D eigenvalue weighted by Crippen LogP contribution is 2.27. The van der Waals surface area contributed by atoms with Crippen LogP contribution in [0.25, 0.3) is 10.8 Å². The summed E-state index contributed by atoms with van der Waals surface area (Å²) in [7, 11) is 1.53.